The molecule has 0 aromatic heterocycles. The molecule has 0 unspecified atom stereocenters. The lowest BCUT2D eigenvalue weighted by Crippen LogP contribution is -1.97. The Balaban J connectivity index is 3.19. The highest BCUT2D eigenvalue weighted by atomic mass is 14.1. The van der Waals surface area contributed by atoms with Crippen LogP contribution in [0, 0.1) is 5.92 Å². The quantitative estimate of drug-likeness (QED) is 0.666. The summed E-state index contributed by atoms with van der Waals surface area (Å²) in [7, 11) is 0. The maximum atomic E-state index is 2.32. The maximum absolute atomic E-state index is 2.32. The van der Waals surface area contributed by atoms with Crippen LogP contribution in [0.1, 0.15) is 45.7 Å². The molecule has 15 heavy (non-hydrogen) atoms. The summed E-state index contributed by atoms with van der Waals surface area (Å²) in [6, 6.07) is 8.91. The van der Waals surface area contributed by atoms with E-state index < -0.39 is 0 Å². The highest BCUT2D eigenvalue weighted by molar-refractivity contribution is 5.69. The smallest absolute Gasteiger partial charge is 0.0214 e. The van der Waals surface area contributed by atoms with Crippen LogP contribution in [0.2, 0.25) is 0 Å². The van der Waals surface area contributed by atoms with Crippen LogP contribution in [0.15, 0.2) is 29.8 Å². The van der Waals surface area contributed by atoms with E-state index in [-0.39, 0.29) is 0 Å². The molecule has 0 N–H and O–H groups in total. The number of hydrogen-bond acceptors (Lipinski definition) is 0. The number of hydrogen-bond donors (Lipinski definition) is 0. The van der Waals surface area contributed by atoms with E-state index in [1.54, 1.807) is 0 Å². The van der Waals surface area contributed by atoms with Crippen molar-refractivity contribution < 1.29 is 0 Å². The Labute approximate surface area is 94.0 Å². The van der Waals surface area contributed by atoms with Gasteiger partial charge in [0.25, 0.3) is 0 Å². The van der Waals surface area contributed by atoms with E-state index in [0.29, 0.717) is 5.92 Å². The van der Waals surface area contributed by atoms with Gasteiger partial charge in [0, 0.05) is 0 Å². The van der Waals surface area contributed by atoms with Crippen LogP contribution in [0.25, 0.3) is 5.57 Å². The summed E-state index contributed by atoms with van der Waals surface area (Å²) in [6.07, 6.45) is 1.11. The molecule has 0 fully saturated rings. The molecular weight excluding hydrogens is 180 g/mol. The third-order valence-electron chi connectivity index (χ3n) is 2.76. The van der Waals surface area contributed by atoms with Gasteiger partial charge in [-0.3, -0.25) is 0 Å². The molecule has 0 heteroatoms. The average molecular weight is 202 g/mol. The zero-order valence-electron chi connectivity index (χ0n) is 10.6. The fourth-order valence-electron chi connectivity index (χ4n) is 2.16. The zero-order chi connectivity index (χ0) is 11.4. The molecule has 82 valence electrons. The van der Waals surface area contributed by atoms with Crippen LogP contribution >= 0.6 is 0 Å². The number of allylic oxidation sites excluding steroid dienone is 2. The summed E-state index contributed by atoms with van der Waals surface area (Å²) < 4.78 is 0. The van der Waals surface area contributed by atoms with Crippen LogP contribution < -0.4 is 0 Å². The second kappa shape index (κ2) is 5.16. The predicted octanol–water partition coefficient (Wildman–Crippen LogP) is 4.70. The summed E-state index contributed by atoms with van der Waals surface area (Å²) in [5.41, 5.74) is 5.74. The lowest BCUT2D eigenvalue weighted by molar-refractivity contribution is 0.846. The molecule has 1 aromatic rings. The lowest BCUT2D eigenvalue weighted by atomic mass is 9.90. The molecule has 0 bridgehead atoms. The minimum atomic E-state index is 0.599. The van der Waals surface area contributed by atoms with Crippen LogP contribution in [0.4, 0.5) is 0 Å². The molecule has 1 aromatic carbocycles. The fraction of sp³-hybridized carbons (Fsp3) is 0.467. The van der Waals surface area contributed by atoms with Gasteiger partial charge in [0.05, 0.1) is 0 Å². The Hall–Kier alpha value is -1.04. The first-order valence-corrected chi connectivity index (χ1v) is 5.83. The molecule has 0 aliphatic rings. The topological polar surface area (TPSA) is 0 Å². The first kappa shape index (κ1) is 12.0. The highest BCUT2D eigenvalue weighted by Gasteiger charge is 2.08. The van der Waals surface area contributed by atoms with E-state index in [0.717, 1.165) is 6.42 Å². The summed E-state index contributed by atoms with van der Waals surface area (Å²) in [6.45, 7) is 11.1. The molecule has 0 saturated heterocycles. The molecule has 0 saturated carbocycles. The molecule has 0 atom stereocenters. The van der Waals surface area contributed by atoms with E-state index >= 15 is 0 Å². The van der Waals surface area contributed by atoms with Crippen molar-refractivity contribution in [3.63, 3.8) is 0 Å². The van der Waals surface area contributed by atoms with Gasteiger partial charge < -0.3 is 0 Å². The second-order valence-corrected chi connectivity index (χ2v) is 4.62. The van der Waals surface area contributed by atoms with Gasteiger partial charge in [-0.2, -0.15) is 0 Å². The molecule has 0 amide bonds. The third kappa shape index (κ3) is 2.95. The largest absolute Gasteiger partial charge is 0.0724 e. The Morgan fingerprint density at radius 3 is 2.33 bits per heavy atom. The minimum Gasteiger partial charge on any atom is -0.0724 e. The van der Waals surface area contributed by atoms with Crippen molar-refractivity contribution in [1.82, 2.24) is 0 Å². The van der Waals surface area contributed by atoms with Crippen LogP contribution in [-0.4, -0.2) is 0 Å². The summed E-state index contributed by atoms with van der Waals surface area (Å²) in [5, 5.41) is 0. The molecular formula is C15H22. The van der Waals surface area contributed by atoms with Crippen molar-refractivity contribution in [1.29, 1.82) is 0 Å². The molecule has 0 heterocycles. The van der Waals surface area contributed by atoms with Gasteiger partial charge in [0.1, 0.15) is 0 Å². The van der Waals surface area contributed by atoms with Gasteiger partial charge in [-0.05, 0) is 42.9 Å². The van der Waals surface area contributed by atoms with Crippen molar-refractivity contribution in [2.75, 3.05) is 0 Å². The Morgan fingerprint density at radius 2 is 1.87 bits per heavy atom. The minimum absolute atomic E-state index is 0.599. The summed E-state index contributed by atoms with van der Waals surface area (Å²) in [4.78, 5) is 0. The standard InChI is InChI=1S/C15H22/c1-6-13-8-7-9-14(10-13)15(11(2)3)12(4)5/h7-11H,6H2,1-5H3. The number of benzene rings is 1. The highest BCUT2D eigenvalue weighted by Crippen LogP contribution is 2.27. The monoisotopic (exact) mass is 202 g/mol. The fourth-order valence-corrected chi connectivity index (χ4v) is 2.16. The third-order valence-corrected chi connectivity index (χ3v) is 2.76. The predicted molar refractivity (Wildman–Crippen MR) is 68.9 cm³/mol. The van der Waals surface area contributed by atoms with Gasteiger partial charge in [-0.25, -0.2) is 0 Å². The van der Waals surface area contributed by atoms with Gasteiger partial charge in [-0.1, -0.05) is 50.6 Å². The first-order valence-electron chi connectivity index (χ1n) is 5.83. The summed E-state index contributed by atoms with van der Waals surface area (Å²) in [5.74, 6) is 0.599. The van der Waals surface area contributed by atoms with Gasteiger partial charge >= 0.3 is 0 Å². The van der Waals surface area contributed by atoms with Crippen molar-refractivity contribution >= 4 is 5.57 Å². The molecule has 0 radical (unpaired) electrons. The molecule has 0 aliphatic heterocycles. The lowest BCUT2D eigenvalue weighted by Gasteiger charge is -2.15. The second-order valence-electron chi connectivity index (χ2n) is 4.62. The van der Waals surface area contributed by atoms with Crippen LogP contribution in [-0.2, 0) is 6.42 Å². The van der Waals surface area contributed by atoms with E-state index in [9.17, 15) is 0 Å². The Kier molecular flexibility index (Phi) is 4.14. The van der Waals surface area contributed by atoms with Crippen LogP contribution in [0.5, 0.6) is 0 Å². The Bertz CT molecular complexity index is 352. The van der Waals surface area contributed by atoms with Crippen molar-refractivity contribution in [2.45, 2.75) is 41.0 Å². The van der Waals surface area contributed by atoms with Gasteiger partial charge in [-0.15, -0.1) is 0 Å². The first-order chi connectivity index (χ1) is 7.06. The molecule has 1 rings (SSSR count). The van der Waals surface area contributed by atoms with Gasteiger partial charge in [0.2, 0.25) is 0 Å². The maximum Gasteiger partial charge on any atom is -0.0214 e. The normalized spacial score (nSPS) is 10.5. The number of aryl methyl sites for hydroxylation is 1. The van der Waals surface area contributed by atoms with E-state index in [2.05, 4.69) is 58.9 Å². The molecule has 0 nitrogen and oxygen atoms in total. The SMILES string of the molecule is CCc1cccc(C(=C(C)C)C(C)C)c1. The molecule has 0 spiro atoms. The van der Waals surface area contributed by atoms with E-state index in [1.165, 1.54) is 22.3 Å². The van der Waals surface area contributed by atoms with Crippen LogP contribution in [0.3, 0.4) is 0 Å². The van der Waals surface area contributed by atoms with Crippen molar-refractivity contribution in [2.24, 2.45) is 5.92 Å². The average Bonchev–Trinajstić information content (AvgIpc) is 2.17. The van der Waals surface area contributed by atoms with Gasteiger partial charge in [0.15, 0.2) is 0 Å². The Morgan fingerprint density at radius 1 is 1.20 bits per heavy atom. The van der Waals surface area contributed by atoms with E-state index in [1.807, 2.05) is 0 Å². The molecule has 0 aliphatic carbocycles. The van der Waals surface area contributed by atoms with Crippen molar-refractivity contribution in [3.05, 3.63) is 41.0 Å². The van der Waals surface area contributed by atoms with E-state index in [4.69, 9.17) is 0 Å². The van der Waals surface area contributed by atoms with Crippen molar-refractivity contribution in [3.8, 4) is 0 Å². The summed E-state index contributed by atoms with van der Waals surface area (Å²) >= 11 is 0. The number of rotatable bonds is 3. The zero-order valence-corrected chi connectivity index (χ0v) is 10.6.